The van der Waals surface area contributed by atoms with Gasteiger partial charge in [0.15, 0.2) is 0 Å². The summed E-state index contributed by atoms with van der Waals surface area (Å²) in [5.74, 6) is 0.720. The highest BCUT2D eigenvalue weighted by Gasteiger charge is 2.20. The molecule has 1 nitrogen and oxygen atoms in total. The van der Waals surface area contributed by atoms with Gasteiger partial charge in [0.2, 0.25) is 0 Å². The molecule has 0 spiro atoms. The molecule has 2 aromatic carbocycles. The third-order valence-corrected chi connectivity index (χ3v) is 5.80. The van der Waals surface area contributed by atoms with Crippen LogP contribution in [0.1, 0.15) is 69.1 Å². The van der Waals surface area contributed by atoms with Gasteiger partial charge < -0.3 is 0 Å². The molecule has 0 atom stereocenters. The Kier molecular flexibility index (Phi) is 4.34. The van der Waals surface area contributed by atoms with Gasteiger partial charge in [-0.2, -0.15) is 0 Å². The van der Waals surface area contributed by atoms with Crippen molar-refractivity contribution in [3.8, 4) is 11.3 Å². The molecule has 0 aliphatic heterocycles. The van der Waals surface area contributed by atoms with E-state index in [1.807, 2.05) is 0 Å². The minimum absolute atomic E-state index is 0.146. The number of aromatic nitrogens is 1. The molecule has 1 fully saturated rings. The van der Waals surface area contributed by atoms with Crippen LogP contribution in [0.15, 0.2) is 48.5 Å². The molecule has 0 N–H and O–H groups in total. The standard InChI is InChI=1S/C25H29N/c1-17-14-19(16-20(15-17)25(2,3)4)23-13-12-22-21(18-8-5-6-9-18)10-7-11-24(22)26-23/h7,10-16,18H,5-6,8-9H2,1-4H3. The molecule has 0 amide bonds. The number of rotatable bonds is 2. The molecule has 1 aliphatic carbocycles. The van der Waals surface area contributed by atoms with Gasteiger partial charge >= 0.3 is 0 Å². The number of benzene rings is 2. The SMILES string of the molecule is Cc1cc(-c2ccc3c(C4CCCC4)cccc3n2)cc(C(C)(C)C)c1. The lowest BCUT2D eigenvalue weighted by atomic mass is 9.84. The van der Waals surface area contributed by atoms with E-state index in [-0.39, 0.29) is 5.41 Å². The first-order chi connectivity index (χ1) is 12.4. The van der Waals surface area contributed by atoms with Gasteiger partial charge in [0.25, 0.3) is 0 Å². The second-order valence-corrected chi connectivity index (χ2v) is 8.93. The van der Waals surface area contributed by atoms with Crippen molar-refractivity contribution in [2.45, 2.75) is 64.7 Å². The molecule has 1 aliphatic rings. The van der Waals surface area contributed by atoms with Crippen LogP contribution in [0.4, 0.5) is 0 Å². The van der Waals surface area contributed by atoms with Gasteiger partial charge in [0.05, 0.1) is 11.2 Å². The second-order valence-electron chi connectivity index (χ2n) is 8.93. The summed E-state index contributed by atoms with van der Waals surface area (Å²) < 4.78 is 0. The smallest absolute Gasteiger partial charge is 0.0712 e. The topological polar surface area (TPSA) is 12.9 Å². The third-order valence-electron chi connectivity index (χ3n) is 5.80. The Labute approximate surface area is 157 Å². The molecule has 0 radical (unpaired) electrons. The summed E-state index contributed by atoms with van der Waals surface area (Å²) in [7, 11) is 0. The molecule has 1 saturated carbocycles. The van der Waals surface area contributed by atoms with Crippen LogP contribution < -0.4 is 0 Å². The highest BCUT2D eigenvalue weighted by atomic mass is 14.7. The number of nitrogens with zero attached hydrogens (tertiary/aromatic N) is 1. The molecular formula is C25H29N. The highest BCUT2D eigenvalue weighted by Crippen LogP contribution is 2.38. The summed E-state index contributed by atoms with van der Waals surface area (Å²) in [6, 6.07) is 18.0. The van der Waals surface area contributed by atoms with Gasteiger partial charge in [-0.3, -0.25) is 0 Å². The molecule has 0 unspecified atom stereocenters. The first-order valence-electron chi connectivity index (χ1n) is 9.94. The Morgan fingerprint density at radius 2 is 1.69 bits per heavy atom. The Bertz CT molecular complexity index is 940. The van der Waals surface area contributed by atoms with E-state index in [0.717, 1.165) is 17.1 Å². The Morgan fingerprint density at radius 3 is 2.42 bits per heavy atom. The summed E-state index contributed by atoms with van der Waals surface area (Å²) >= 11 is 0. The lowest BCUT2D eigenvalue weighted by Crippen LogP contribution is -2.11. The van der Waals surface area contributed by atoms with E-state index in [9.17, 15) is 0 Å². The monoisotopic (exact) mass is 343 g/mol. The fourth-order valence-corrected chi connectivity index (χ4v) is 4.30. The van der Waals surface area contributed by atoms with Gasteiger partial charge in [-0.15, -0.1) is 0 Å². The van der Waals surface area contributed by atoms with Crippen molar-refractivity contribution in [1.29, 1.82) is 0 Å². The number of pyridine rings is 1. The van der Waals surface area contributed by atoms with Gasteiger partial charge in [-0.05, 0) is 66.5 Å². The van der Waals surface area contributed by atoms with Crippen molar-refractivity contribution < 1.29 is 0 Å². The van der Waals surface area contributed by atoms with Gasteiger partial charge in [0.1, 0.15) is 0 Å². The molecular weight excluding hydrogens is 314 g/mol. The van der Waals surface area contributed by atoms with E-state index >= 15 is 0 Å². The average Bonchev–Trinajstić information content (AvgIpc) is 3.14. The largest absolute Gasteiger partial charge is 0.248 e. The minimum atomic E-state index is 0.146. The summed E-state index contributed by atoms with van der Waals surface area (Å²) in [6.45, 7) is 8.99. The van der Waals surface area contributed by atoms with E-state index in [2.05, 4.69) is 76.2 Å². The first-order valence-corrected chi connectivity index (χ1v) is 9.94. The maximum absolute atomic E-state index is 5.04. The van der Waals surface area contributed by atoms with Crippen LogP contribution in [-0.4, -0.2) is 4.98 Å². The number of fused-ring (bicyclic) bond motifs is 1. The van der Waals surface area contributed by atoms with E-state index < -0.39 is 0 Å². The van der Waals surface area contributed by atoms with Crippen LogP contribution in [0.5, 0.6) is 0 Å². The predicted octanol–water partition coefficient (Wildman–Crippen LogP) is 7.17. The molecule has 3 aromatic rings. The molecule has 1 heterocycles. The van der Waals surface area contributed by atoms with Crippen molar-refractivity contribution in [3.05, 3.63) is 65.2 Å². The summed E-state index contributed by atoms with van der Waals surface area (Å²) in [4.78, 5) is 5.04. The van der Waals surface area contributed by atoms with E-state index in [0.29, 0.717) is 0 Å². The van der Waals surface area contributed by atoms with Crippen molar-refractivity contribution in [1.82, 2.24) is 4.98 Å². The zero-order valence-electron chi connectivity index (χ0n) is 16.5. The van der Waals surface area contributed by atoms with Gasteiger partial charge in [0, 0.05) is 10.9 Å². The zero-order valence-corrected chi connectivity index (χ0v) is 16.5. The minimum Gasteiger partial charge on any atom is -0.248 e. The highest BCUT2D eigenvalue weighted by molar-refractivity contribution is 5.85. The van der Waals surface area contributed by atoms with Crippen LogP contribution in [0.3, 0.4) is 0 Å². The van der Waals surface area contributed by atoms with Crippen LogP contribution >= 0.6 is 0 Å². The maximum Gasteiger partial charge on any atom is 0.0712 e. The van der Waals surface area contributed by atoms with Crippen molar-refractivity contribution in [2.75, 3.05) is 0 Å². The van der Waals surface area contributed by atoms with Crippen molar-refractivity contribution in [3.63, 3.8) is 0 Å². The second kappa shape index (κ2) is 6.54. The molecule has 1 aromatic heterocycles. The summed E-state index contributed by atoms with van der Waals surface area (Å²) in [5, 5.41) is 1.34. The molecule has 4 rings (SSSR count). The quantitative estimate of drug-likeness (QED) is 0.481. The van der Waals surface area contributed by atoms with Gasteiger partial charge in [-0.25, -0.2) is 4.98 Å². The van der Waals surface area contributed by atoms with Crippen LogP contribution in [0.25, 0.3) is 22.2 Å². The lowest BCUT2D eigenvalue weighted by Gasteiger charge is -2.21. The summed E-state index contributed by atoms with van der Waals surface area (Å²) in [5.41, 5.74) is 7.75. The normalized spacial score (nSPS) is 15.7. The number of aryl methyl sites for hydroxylation is 1. The van der Waals surface area contributed by atoms with Crippen LogP contribution in [0.2, 0.25) is 0 Å². The number of hydrogen-bond donors (Lipinski definition) is 0. The fraction of sp³-hybridized carbons (Fsp3) is 0.400. The predicted molar refractivity (Wildman–Crippen MR) is 112 cm³/mol. The Hall–Kier alpha value is -2.15. The first kappa shape index (κ1) is 17.3. The Balaban J connectivity index is 1.80. The average molecular weight is 344 g/mol. The van der Waals surface area contributed by atoms with Crippen molar-refractivity contribution in [2.24, 2.45) is 0 Å². The van der Waals surface area contributed by atoms with Gasteiger partial charge in [-0.1, -0.05) is 63.4 Å². The maximum atomic E-state index is 5.04. The van der Waals surface area contributed by atoms with E-state index in [1.54, 1.807) is 0 Å². The lowest BCUT2D eigenvalue weighted by molar-refractivity contribution is 0.590. The molecule has 1 heteroatoms. The van der Waals surface area contributed by atoms with Crippen LogP contribution in [0, 0.1) is 6.92 Å². The summed E-state index contributed by atoms with van der Waals surface area (Å²) in [6.07, 6.45) is 5.39. The van der Waals surface area contributed by atoms with Crippen molar-refractivity contribution >= 4 is 10.9 Å². The number of hydrogen-bond acceptors (Lipinski definition) is 1. The molecule has 134 valence electrons. The van der Waals surface area contributed by atoms with E-state index in [1.165, 1.54) is 53.3 Å². The Morgan fingerprint density at radius 1 is 0.923 bits per heavy atom. The fourth-order valence-electron chi connectivity index (χ4n) is 4.30. The molecule has 26 heavy (non-hydrogen) atoms. The van der Waals surface area contributed by atoms with E-state index in [4.69, 9.17) is 4.98 Å². The molecule has 0 saturated heterocycles. The third kappa shape index (κ3) is 3.28. The molecule has 0 bridgehead atoms. The van der Waals surface area contributed by atoms with Crippen LogP contribution in [-0.2, 0) is 5.41 Å². The zero-order chi connectivity index (χ0) is 18.3.